The largest absolute Gasteiger partial charge is 0.313 e. The standard InChI is InChI=1S/C9H18NO.2CH4/c1-8-6-4-3-5-7-9(2)10(8)11;;/h8,11H,3-7H2,1-2H3;2*1H4. The van der Waals surface area contributed by atoms with Gasteiger partial charge in [-0.2, -0.15) is 5.06 Å². The van der Waals surface area contributed by atoms with Crippen LogP contribution in [0.5, 0.6) is 0 Å². The fourth-order valence-electron chi connectivity index (χ4n) is 1.61. The van der Waals surface area contributed by atoms with E-state index in [0.717, 1.165) is 18.9 Å². The first-order valence-electron chi connectivity index (χ1n) is 4.52. The highest BCUT2D eigenvalue weighted by atomic mass is 16.5. The SMILES string of the molecule is C.C.C[C]1CCCCCC(C)N1O. The van der Waals surface area contributed by atoms with E-state index in [1.165, 1.54) is 24.3 Å². The van der Waals surface area contributed by atoms with Crippen LogP contribution in [0.25, 0.3) is 0 Å². The monoisotopic (exact) mass is 188 g/mol. The molecule has 2 heteroatoms. The van der Waals surface area contributed by atoms with Crippen molar-refractivity contribution in [3.05, 3.63) is 6.04 Å². The first kappa shape index (κ1) is 15.4. The van der Waals surface area contributed by atoms with Crippen LogP contribution in [-0.2, 0) is 0 Å². The van der Waals surface area contributed by atoms with Gasteiger partial charge >= 0.3 is 0 Å². The Morgan fingerprint density at radius 1 is 1.23 bits per heavy atom. The van der Waals surface area contributed by atoms with E-state index in [1.807, 2.05) is 6.92 Å². The van der Waals surface area contributed by atoms with Crippen LogP contribution in [-0.4, -0.2) is 16.3 Å². The number of rotatable bonds is 0. The average Bonchev–Trinajstić information content (AvgIpc) is 2.00. The second-order valence-electron chi connectivity index (χ2n) is 3.53. The molecule has 2 nitrogen and oxygen atoms in total. The van der Waals surface area contributed by atoms with E-state index < -0.39 is 0 Å². The van der Waals surface area contributed by atoms with Gasteiger partial charge in [0, 0.05) is 6.04 Å². The zero-order valence-electron chi connectivity index (χ0n) is 7.51. The minimum absolute atomic E-state index is 0. The number of hydrogen-bond acceptors (Lipinski definition) is 2. The van der Waals surface area contributed by atoms with Crippen LogP contribution in [0.15, 0.2) is 0 Å². The van der Waals surface area contributed by atoms with Gasteiger partial charge in [0.1, 0.15) is 0 Å². The molecule has 1 fully saturated rings. The van der Waals surface area contributed by atoms with Crippen LogP contribution < -0.4 is 0 Å². The van der Waals surface area contributed by atoms with Crippen LogP contribution >= 0.6 is 0 Å². The van der Waals surface area contributed by atoms with Crippen molar-refractivity contribution in [3.8, 4) is 0 Å². The summed E-state index contributed by atoms with van der Waals surface area (Å²) < 4.78 is 0. The van der Waals surface area contributed by atoms with E-state index in [1.54, 1.807) is 0 Å². The molecule has 1 aliphatic rings. The Kier molecular flexibility index (Phi) is 8.69. The van der Waals surface area contributed by atoms with Crippen molar-refractivity contribution in [2.45, 2.75) is 66.8 Å². The fraction of sp³-hybridized carbons (Fsp3) is 0.909. The predicted octanol–water partition coefficient (Wildman–Crippen LogP) is 3.85. The molecule has 1 unspecified atom stereocenters. The van der Waals surface area contributed by atoms with E-state index in [2.05, 4.69) is 6.92 Å². The molecule has 0 amide bonds. The van der Waals surface area contributed by atoms with Crippen molar-refractivity contribution in [1.82, 2.24) is 5.06 Å². The van der Waals surface area contributed by atoms with Gasteiger partial charge in [0.2, 0.25) is 0 Å². The van der Waals surface area contributed by atoms with Crippen LogP contribution in [0.2, 0.25) is 0 Å². The van der Waals surface area contributed by atoms with Gasteiger partial charge in [-0.1, -0.05) is 34.1 Å². The maximum absolute atomic E-state index is 9.55. The van der Waals surface area contributed by atoms with E-state index in [4.69, 9.17) is 0 Å². The molecule has 0 aliphatic carbocycles. The Balaban J connectivity index is 0. The zero-order chi connectivity index (χ0) is 8.27. The number of hydroxylamine groups is 2. The Morgan fingerprint density at radius 3 is 2.46 bits per heavy atom. The normalized spacial score (nSPS) is 26.5. The summed E-state index contributed by atoms with van der Waals surface area (Å²) in [5, 5.41) is 11.0. The fourth-order valence-corrected chi connectivity index (χ4v) is 1.61. The topological polar surface area (TPSA) is 23.5 Å². The van der Waals surface area contributed by atoms with Crippen LogP contribution in [0, 0.1) is 6.04 Å². The molecule has 1 saturated heterocycles. The maximum atomic E-state index is 9.55. The molecule has 0 aromatic heterocycles. The van der Waals surface area contributed by atoms with Crippen LogP contribution in [0.4, 0.5) is 0 Å². The van der Waals surface area contributed by atoms with Gasteiger partial charge < -0.3 is 5.21 Å². The molecule has 0 spiro atoms. The third-order valence-corrected chi connectivity index (χ3v) is 2.47. The molecule has 1 aliphatic heterocycles. The summed E-state index contributed by atoms with van der Waals surface area (Å²) in [6.07, 6.45) is 5.98. The lowest BCUT2D eigenvalue weighted by atomic mass is 10.0. The molecular weight excluding hydrogens is 162 g/mol. The zero-order valence-corrected chi connectivity index (χ0v) is 7.51. The highest BCUT2D eigenvalue weighted by molar-refractivity contribution is 4.83. The molecule has 0 aromatic carbocycles. The first-order valence-corrected chi connectivity index (χ1v) is 4.52. The van der Waals surface area contributed by atoms with Gasteiger partial charge in [-0.25, -0.2) is 0 Å². The number of hydrogen-bond donors (Lipinski definition) is 1. The third-order valence-electron chi connectivity index (χ3n) is 2.47. The molecular formula is C11H26NO. The first-order chi connectivity index (χ1) is 5.22. The molecule has 13 heavy (non-hydrogen) atoms. The average molecular weight is 188 g/mol. The van der Waals surface area contributed by atoms with Crippen molar-refractivity contribution < 1.29 is 5.21 Å². The van der Waals surface area contributed by atoms with Gasteiger partial charge in [-0.15, -0.1) is 0 Å². The Morgan fingerprint density at radius 2 is 1.85 bits per heavy atom. The molecule has 0 bridgehead atoms. The van der Waals surface area contributed by atoms with Crippen molar-refractivity contribution in [1.29, 1.82) is 0 Å². The molecule has 1 radical (unpaired) electrons. The van der Waals surface area contributed by atoms with Crippen LogP contribution in [0.3, 0.4) is 0 Å². The van der Waals surface area contributed by atoms with E-state index in [-0.39, 0.29) is 14.9 Å². The summed E-state index contributed by atoms with van der Waals surface area (Å²) in [6, 6.07) is 1.44. The smallest absolute Gasteiger partial charge is 0.0638 e. The van der Waals surface area contributed by atoms with Gasteiger partial charge in [0.25, 0.3) is 0 Å². The summed E-state index contributed by atoms with van der Waals surface area (Å²) in [6.45, 7) is 4.09. The highest BCUT2D eigenvalue weighted by Gasteiger charge is 2.19. The van der Waals surface area contributed by atoms with E-state index in [9.17, 15) is 5.21 Å². The Bertz CT molecular complexity index is 105. The molecule has 1 rings (SSSR count). The summed E-state index contributed by atoms with van der Waals surface area (Å²) in [4.78, 5) is 0. The van der Waals surface area contributed by atoms with E-state index in [0.29, 0.717) is 6.04 Å². The molecule has 0 aromatic rings. The summed E-state index contributed by atoms with van der Waals surface area (Å²) in [5.74, 6) is 0. The summed E-state index contributed by atoms with van der Waals surface area (Å²) >= 11 is 0. The Hall–Kier alpha value is -0.0800. The van der Waals surface area contributed by atoms with Crippen molar-refractivity contribution in [2.75, 3.05) is 0 Å². The van der Waals surface area contributed by atoms with Crippen molar-refractivity contribution in [2.24, 2.45) is 0 Å². The van der Waals surface area contributed by atoms with Crippen LogP contribution in [0.1, 0.15) is 60.8 Å². The molecule has 1 heterocycles. The minimum atomic E-state index is 0. The predicted molar refractivity (Wildman–Crippen MR) is 58.6 cm³/mol. The van der Waals surface area contributed by atoms with E-state index >= 15 is 0 Å². The Labute approximate surface area is 83.9 Å². The lowest BCUT2D eigenvalue weighted by Crippen LogP contribution is -2.33. The number of nitrogens with zero attached hydrogens (tertiary/aromatic N) is 1. The lowest BCUT2D eigenvalue weighted by Gasteiger charge is -2.29. The molecule has 81 valence electrons. The molecule has 0 saturated carbocycles. The summed E-state index contributed by atoms with van der Waals surface area (Å²) in [7, 11) is 0. The highest BCUT2D eigenvalue weighted by Crippen LogP contribution is 2.23. The minimum Gasteiger partial charge on any atom is -0.313 e. The second-order valence-corrected chi connectivity index (χ2v) is 3.53. The van der Waals surface area contributed by atoms with Gasteiger partial charge in [-0.3, -0.25) is 0 Å². The maximum Gasteiger partial charge on any atom is 0.0638 e. The van der Waals surface area contributed by atoms with Gasteiger partial charge in [0.05, 0.1) is 6.04 Å². The summed E-state index contributed by atoms with van der Waals surface area (Å²) in [5.41, 5.74) is 0. The van der Waals surface area contributed by atoms with Gasteiger partial charge in [0.15, 0.2) is 0 Å². The molecule has 1 atom stereocenters. The second kappa shape index (κ2) is 7.34. The third kappa shape index (κ3) is 4.63. The lowest BCUT2D eigenvalue weighted by molar-refractivity contribution is -0.120. The quantitative estimate of drug-likeness (QED) is 0.624. The van der Waals surface area contributed by atoms with Crippen molar-refractivity contribution in [3.63, 3.8) is 0 Å². The molecule has 1 N–H and O–H groups in total. The van der Waals surface area contributed by atoms with Crippen molar-refractivity contribution >= 4 is 0 Å². The van der Waals surface area contributed by atoms with Gasteiger partial charge in [-0.05, 0) is 26.7 Å².